The van der Waals surface area contributed by atoms with E-state index in [1.165, 1.54) is 0 Å². The van der Waals surface area contributed by atoms with Crippen LogP contribution in [0.25, 0.3) is 12.2 Å². The molecule has 3 aliphatic rings. The first-order valence-corrected chi connectivity index (χ1v) is 9.31. The number of pyridine rings is 1. The molecule has 3 nitrogen and oxygen atoms in total. The van der Waals surface area contributed by atoms with Gasteiger partial charge in [-0.1, -0.05) is 48.2 Å². The average molecular weight is 344 g/mol. The molecule has 0 amide bonds. The van der Waals surface area contributed by atoms with Crippen LogP contribution in [0.1, 0.15) is 35.4 Å². The molecule has 1 aromatic heterocycles. The summed E-state index contributed by atoms with van der Waals surface area (Å²) in [5.74, 6) is 6.72. The van der Waals surface area contributed by atoms with Gasteiger partial charge in [-0.05, 0) is 56.6 Å². The fraction of sp³-hybridized carbons (Fsp3) is 0.348. The first-order valence-electron chi connectivity index (χ1n) is 9.31. The molecule has 0 saturated carbocycles. The van der Waals surface area contributed by atoms with Gasteiger partial charge in [0.05, 0.1) is 11.3 Å². The molecule has 1 unspecified atom stereocenters. The van der Waals surface area contributed by atoms with Crippen molar-refractivity contribution >= 4 is 12.2 Å². The van der Waals surface area contributed by atoms with Crippen LogP contribution in [0.4, 0.5) is 0 Å². The van der Waals surface area contributed by atoms with Crippen molar-refractivity contribution in [2.75, 3.05) is 19.6 Å². The Morgan fingerprint density at radius 2 is 1.88 bits per heavy atom. The third-order valence-corrected chi connectivity index (χ3v) is 5.44. The number of aromatic nitrogens is 1. The molecule has 4 heterocycles. The van der Waals surface area contributed by atoms with E-state index in [2.05, 4.69) is 39.9 Å². The number of hydrogen-bond donors (Lipinski definition) is 1. The van der Waals surface area contributed by atoms with Gasteiger partial charge in [-0.3, -0.25) is 9.88 Å². The van der Waals surface area contributed by atoms with Gasteiger partial charge in [-0.2, -0.15) is 0 Å². The van der Waals surface area contributed by atoms with Crippen LogP contribution in [0.3, 0.4) is 0 Å². The van der Waals surface area contributed by atoms with Crippen LogP contribution < -0.4 is 0 Å². The minimum atomic E-state index is -0.887. The highest BCUT2D eigenvalue weighted by atomic mass is 16.3. The van der Waals surface area contributed by atoms with Crippen molar-refractivity contribution in [3.8, 4) is 11.8 Å². The van der Waals surface area contributed by atoms with Crippen molar-refractivity contribution in [2.45, 2.75) is 25.4 Å². The third-order valence-electron chi connectivity index (χ3n) is 5.44. The molecule has 1 aromatic carbocycles. The molecular formula is C23H24N2O. The van der Waals surface area contributed by atoms with Crippen molar-refractivity contribution in [1.29, 1.82) is 0 Å². The average Bonchev–Trinajstić information content (AvgIpc) is 2.67. The number of nitrogens with zero attached hydrogens (tertiary/aromatic N) is 2. The Kier molecular flexibility index (Phi) is 4.63. The Balaban J connectivity index is 1.63. The second-order valence-electron chi connectivity index (χ2n) is 7.35. The van der Waals surface area contributed by atoms with E-state index in [1.807, 2.05) is 43.3 Å². The van der Waals surface area contributed by atoms with Gasteiger partial charge in [-0.15, -0.1) is 0 Å². The predicted molar refractivity (Wildman–Crippen MR) is 105 cm³/mol. The number of rotatable bonds is 2. The first kappa shape index (κ1) is 17.0. The number of piperidine rings is 3. The number of aliphatic hydroxyl groups is 1. The molecule has 2 bridgehead atoms. The molecule has 132 valence electrons. The molecule has 1 atom stereocenters. The fourth-order valence-corrected chi connectivity index (χ4v) is 3.90. The van der Waals surface area contributed by atoms with E-state index in [0.29, 0.717) is 12.5 Å². The SMILES string of the molecule is Cc1ccc(C#CC2(O)CN3CCC2CC3)c(C=Cc2ccccc2)n1. The van der Waals surface area contributed by atoms with E-state index < -0.39 is 5.60 Å². The minimum Gasteiger partial charge on any atom is -0.376 e. The van der Waals surface area contributed by atoms with E-state index in [0.717, 1.165) is 48.4 Å². The van der Waals surface area contributed by atoms with Crippen molar-refractivity contribution in [3.05, 3.63) is 65.0 Å². The summed E-state index contributed by atoms with van der Waals surface area (Å²) in [5, 5.41) is 11.0. The highest BCUT2D eigenvalue weighted by molar-refractivity contribution is 5.71. The predicted octanol–water partition coefficient (Wildman–Crippen LogP) is 3.37. The van der Waals surface area contributed by atoms with Crippen molar-refractivity contribution in [3.63, 3.8) is 0 Å². The highest BCUT2D eigenvalue weighted by Crippen LogP contribution is 2.35. The van der Waals surface area contributed by atoms with E-state index in [4.69, 9.17) is 0 Å². The summed E-state index contributed by atoms with van der Waals surface area (Å²) in [7, 11) is 0. The van der Waals surface area contributed by atoms with Gasteiger partial charge in [0.25, 0.3) is 0 Å². The van der Waals surface area contributed by atoms with Gasteiger partial charge in [-0.25, -0.2) is 0 Å². The Hall–Kier alpha value is -2.41. The molecule has 5 rings (SSSR count). The third kappa shape index (κ3) is 3.58. The van der Waals surface area contributed by atoms with Crippen molar-refractivity contribution in [1.82, 2.24) is 9.88 Å². The summed E-state index contributed by atoms with van der Waals surface area (Å²) in [5.41, 5.74) is 2.93. The lowest BCUT2D eigenvalue weighted by atomic mass is 9.76. The van der Waals surface area contributed by atoms with Crippen LogP contribution in [0, 0.1) is 24.7 Å². The maximum absolute atomic E-state index is 11.0. The maximum Gasteiger partial charge on any atom is 0.141 e. The van der Waals surface area contributed by atoms with Crippen molar-refractivity contribution in [2.24, 2.45) is 5.92 Å². The summed E-state index contributed by atoms with van der Waals surface area (Å²) >= 11 is 0. The summed E-state index contributed by atoms with van der Waals surface area (Å²) in [4.78, 5) is 6.96. The van der Waals surface area contributed by atoms with Crippen molar-refractivity contribution < 1.29 is 5.11 Å². The smallest absolute Gasteiger partial charge is 0.141 e. The molecule has 0 radical (unpaired) electrons. The highest BCUT2D eigenvalue weighted by Gasteiger charge is 2.44. The molecule has 3 saturated heterocycles. The molecule has 26 heavy (non-hydrogen) atoms. The standard InChI is InChI=1S/C23H24N2O/c1-18-7-9-20(22(24-18)10-8-19-5-3-2-4-6-19)11-14-23(26)17-25-15-12-21(23)13-16-25/h2-10,21,26H,12-13,15-17H2,1H3. The van der Waals surface area contributed by atoms with E-state index in [-0.39, 0.29) is 0 Å². The van der Waals surface area contributed by atoms with Gasteiger partial charge in [0.2, 0.25) is 0 Å². The van der Waals surface area contributed by atoms with Crippen LogP contribution in [-0.2, 0) is 0 Å². The maximum atomic E-state index is 11.0. The lowest BCUT2D eigenvalue weighted by Crippen LogP contribution is -2.58. The summed E-state index contributed by atoms with van der Waals surface area (Å²) in [6.07, 6.45) is 6.14. The van der Waals surface area contributed by atoms with Crippen LogP contribution in [0.2, 0.25) is 0 Å². The molecule has 0 spiro atoms. The van der Waals surface area contributed by atoms with Crippen LogP contribution in [0.15, 0.2) is 42.5 Å². The van der Waals surface area contributed by atoms with Crippen LogP contribution in [0.5, 0.6) is 0 Å². The largest absolute Gasteiger partial charge is 0.376 e. The fourth-order valence-electron chi connectivity index (χ4n) is 3.90. The zero-order valence-corrected chi connectivity index (χ0v) is 15.2. The van der Waals surface area contributed by atoms with Crippen LogP contribution >= 0.6 is 0 Å². The monoisotopic (exact) mass is 344 g/mol. The first-order chi connectivity index (χ1) is 12.6. The quantitative estimate of drug-likeness (QED) is 0.849. The van der Waals surface area contributed by atoms with Gasteiger partial charge in [0.1, 0.15) is 5.60 Å². The summed E-state index contributed by atoms with van der Waals surface area (Å²) in [6, 6.07) is 14.2. The van der Waals surface area contributed by atoms with Gasteiger partial charge >= 0.3 is 0 Å². The van der Waals surface area contributed by atoms with E-state index in [1.54, 1.807) is 0 Å². The van der Waals surface area contributed by atoms with Gasteiger partial charge in [0, 0.05) is 18.2 Å². The zero-order valence-electron chi connectivity index (χ0n) is 15.2. The van der Waals surface area contributed by atoms with E-state index in [9.17, 15) is 5.11 Å². The molecule has 3 aliphatic heterocycles. The second-order valence-corrected chi connectivity index (χ2v) is 7.35. The number of aryl methyl sites for hydroxylation is 1. The summed E-state index contributed by atoms with van der Waals surface area (Å²) in [6.45, 7) is 4.83. The molecule has 1 N–H and O–H groups in total. The Morgan fingerprint density at radius 3 is 2.58 bits per heavy atom. The summed E-state index contributed by atoms with van der Waals surface area (Å²) < 4.78 is 0. The molecular weight excluding hydrogens is 320 g/mol. The number of benzene rings is 1. The Bertz CT molecular complexity index is 870. The van der Waals surface area contributed by atoms with Gasteiger partial charge < -0.3 is 5.11 Å². The Labute approximate surface area is 155 Å². The minimum absolute atomic E-state index is 0.293. The zero-order chi connectivity index (χ0) is 18.0. The topological polar surface area (TPSA) is 36.4 Å². The number of hydrogen-bond acceptors (Lipinski definition) is 3. The second kappa shape index (κ2) is 7.07. The van der Waals surface area contributed by atoms with E-state index >= 15 is 0 Å². The molecule has 0 aliphatic carbocycles. The molecule has 3 heteroatoms. The lowest BCUT2D eigenvalue weighted by molar-refractivity contribution is -0.0713. The normalized spacial score (nSPS) is 27.3. The Morgan fingerprint density at radius 1 is 1.12 bits per heavy atom. The molecule has 2 aromatic rings. The number of fused-ring (bicyclic) bond motifs is 3. The lowest BCUT2D eigenvalue weighted by Gasteiger charge is -2.47. The molecule has 3 fully saturated rings. The van der Waals surface area contributed by atoms with Crippen LogP contribution in [-0.4, -0.2) is 40.2 Å². The van der Waals surface area contributed by atoms with Gasteiger partial charge in [0.15, 0.2) is 0 Å².